The van der Waals surface area contributed by atoms with Crippen LogP contribution in [0.5, 0.6) is 0 Å². The fraction of sp³-hybridized carbons (Fsp3) is 0.316. The van der Waals surface area contributed by atoms with Gasteiger partial charge in [-0.15, -0.1) is 12.4 Å². The summed E-state index contributed by atoms with van der Waals surface area (Å²) in [6.07, 6.45) is 0.825. The standard InChI is InChI=1S/C19H22F2N2O.ClH/c20-19(21,13-22)14-23-18(24)12-17(16-9-5-2-6-10-16)11-15-7-3-1-4-8-15;/h1-10,17H,11-14,22H2,(H,23,24);1H. The lowest BCUT2D eigenvalue weighted by atomic mass is 9.89. The molecule has 0 aliphatic rings. The van der Waals surface area contributed by atoms with E-state index in [1.54, 1.807) is 0 Å². The minimum absolute atomic E-state index is 0. The smallest absolute Gasteiger partial charge is 0.277 e. The summed E-state index contributed by atoms with van der Waals surface area (Å²) in [5.41, 5.74) is 7.10. The van der Waals surface area contributed by atoms with Crippen molar-refractivity contribution in [2.24, 2.45) is 5.73 Å². The van der Waals surface area contributed by atoms with Crippen molar-refractivity contribution in [2.45, 2.75) is 24.7 Å². The minimum atomic E-state index is -3.07. The molecule has 0 aliphatic carbocycles. The molecular formula is C19H23ClF2N2O. The van der Waals surface area contributed by atoms with Crippen molar-refractivity contribution >= 4 is 18.3 Å². The molecule has 2 aromatic carbocycles. The quantitative estimate of drug-likeness (QED) is 0.748. The first-order chi connectivity index (χ1) is 11.5. The van der Waals surface area contributed by atoms with Crippen LogP contribution in [0.4, 0.5) is 8.78 Å². The summed E-state index contributed by atoms with van der Waals surface area (Å²) in [4.78, 5) is 12.1. The Morgan fingerprint density at radius 1 is 1.04 bits per heavy atom. The third-order valence-corrected chi connectivity index (χ3v) is 3.87. The molecule has 0 saturated carbocycles. The van der Waals surface area contributed by atoms with Crippen molar-refractivity contribution in [3.63, 3.8) is 0 Å². The maximum absolute atomic E-state index is 13.2. The molecule has 0 bridgehead atoms. The van der Waals surface area contributed by atoms with E-state index in [-0.39, 0.29) is 24.7 Å². The van der Waals surface area contributed by atoms with Gasteiger partial charge in [-0.1, -0.05) is 60.7 Å². The normalized spacial score (nSPS) is 12.1. The second-order valence-corrected chi connectivity index (χ2v) is 5.84. The number of benzene rings is 2. The van der Waals surface area contributed by atoms with Crippen LogP contribution in [0.3, 0.4) is 0 Å². The average molecular weight is 369 g/mol. The molecular weight excluding hydrogens is 346 g/mol. The molecule has 0 radical (unpaired) electrons. The third kappa shape index (κ3) is 7.20. The van der Waals surface area contributed by atoms with Crippen molar-refractivity contribution in [3.8, 4) is 0 Å². The molecule has 0 fully saturated rings. The maximum atomic E-state index is 13.2. The summed E-state index contributed by atoms with van der Waals surface area (Å²) in [6, 6.07) is 19.4. The fourth-order valence-corrected chi connectivity index (χ4v) is 2.53. The lowest BCUT2D eigenvalue weighted by Gasteiger charge is -2.19. The van der Waals surface area contributed by atoms with Crippen LogP contribution in [-0.4, -0.2) is 24.9 Å². The molecule has 1 amide bonds. The van der Waals surface area contributed by atoms with E-state index >= 15 is 0 Å². The molecule has 0 heterocycles. The van der Waals surface area contributed by atoms with Crippen LogP contribution < -0.4 is 11.1 Å². The molecule has 1 unspecified atom stereocenters. The summed E-state index contributed by atoms with van der Waals surface area (Å²) in [7, 11) is 0. The molecule has 2 aromatic rings. The molecule has 2 rings (SSSR count). The summed E-state index contributed by atoms with van der Waals surface area (Å²) < 4.78 is 26.4. The van der Waals surface area contributed by atoms with E-state index in [1.807, 2.05) is 60.7 Å². The number of nitrogens with two attached hydrogens (primary N) is 1. The predicted molar refractivity (Wildman–Crippen MR) is 98.2 cm³/mol. The number of nitrogens with one attached hydrogen (secondary N) is 1. The number of amides is 1. The SMILES string of the molecule is Cl.NCC(F)(F)CNC(=O)CC(Cc1ccccc1)c1ccccc1. The number of hydrogen-bond acceptors (Lipinski definition) is 2. The van der Waals surface area contributed by atoms with Gasteiger partial charge in [0.05, 0.1) is 13.1 Å². The largest absolute Gasteiger partial charge is 0.350 e. The second-order valence-electron chi connectivity index (χ2n) is 5.84. The van der Waals surface area contributed by atoms with E-state index in [2.05, 4.69) is 5.32 Å². The zero-order chi connectivity index (χ0) is 17.4. The minimum Gasteiger partial charge on any atom is -0.350 e. The van der Waals surface area contributed by atoms with Crippen LogP contribution in [-0.2, 0) is 11.2 Å². The van der Waals surface area contributed by atoms with Crippen molar-refractivity contribution in [3.05, 3.63) is 71.8 Å². The van der Waals surface area contributed by atoms with Gasteiger partial charge in [-0.3, -0.25) is 4.79 Å². The Labute approximate surface area is 153 Å². The summed E-state index contributed by atoms with van der Waals surface area (Å²) >= 11 is 0. The van der Waals surface area contributed by atoms with E-state index in [4.69, 9.17) is 5.73 Å². The number of hydrogen-bond donors (Lipinski definition) is 2. The fourth-order valence-electron chi connectivity index (χ4n) is 2.53. The van der Waals surface area contributed by atoms with Gasteiger partial charge in [0.15, 0.2) is 0 Å². The van der Waals surface area contributed by atoms with Gasteiger partial charge in [-0.2, -0.15) is 0 Å². The molecule has 3 nitrogen and oxygen atoms in total. The van der Waals surface area contributed by atoms with Gasteiger partial charge in [0.2, 0.25) is 5.91 Å². The summed E-state index contributed by atoms with van der Waals surface area (Å²) in [5, 5.41) is 2.29. The van der Waals surface area contributed by atoms with Crippen LogP contribution in [0.1, 0.15) is 23.5 Å². The van der Waals surface area contributed by atoms with Crippen molar-refractivity contribution in [1.29, 1.82) is 0 Å². The van der Waals surface area contributed by atoms with Gasteiger partial charge in [-0.05, 0) is 23.5 Å². The molecule has 0 aliphatic heterocycles. The molecule has 136 valence electrons. The van der Waals surface area contributed by atoms with E-state index in [9.17, 15) is 13.6 Å². The van der Waals surface area contributed by atoms with Gasteiger partial charge in [-0.25, -0.2) is 8.78 Å². The lowest BCUT2D eigenvalue weighted by Crippen LogP contribution is -2.41. The Kier molecular flexibility index (Phi) is 8.52. The first kappa shape index (κ1) is 21.1. The second kappa shape index (κ2) is 10.1. The first-order valence-corrected chi connectivity index (χ1v) is 7.93. The zero-order valence-corrected chi connectivity index (χ0v) is 14.6. The molecule has 1 atom stereocenters. The Bertz CT molecular complexity index is 638. The Hall–Kier alpha value is -1.98. The molecule has 6 heteroatoms. The van der Waals surface area contributed by atoms with E-state index in [1.165, 1.54) is 0 Å². The Balaban J connectivity index is 0.00000312. The molecule has 3 N–H and O–H groups in total. The van der Waals surface area contributed by atoms with Crippen LogP contribution in [0.25, 0.3) is 0 Å². The van der Waals surface area contributed by atoms with E-state index in [0.717, 1.165) is 11.1 Å². The number of rotatable bonds is 8. The lowest BCUT2D eigenvalue weighted by molar-refractivity contribution is -0.123. The Morgan fingerprint density at radius 2 is 1.60 bits per heavy atom. The van der Waals surface area contributed by atoms with Crippen molar-refractivity contribution < 1.29 is 13.6 Å². The average Bonchev–Trinajstić information content (AvgIpc) is 2.61. The highest BCUT2D eigenvalue weighted by molar-refractivity contribution is 5.85. The summed E-state index contributed by atoms with van der Waals surface area (Å²) in [5.74, 6) is -3.54. The highest BCUT2D eigenvalue weighted by atomic mass is 35.5. The van der Waals surface area contributed by atoms with Crippen LogP contribution in [0.2, 0.25) is 0 Å². The highest BCUT2D eigenvalue weighted by Crippen LogP contribution is 2.24. The molecule has 25 heavy (non-hydrogen) atoms. The predicted octanol–water partition coefficient (Wildman–Crippen LogP) is 3.54. The topological polar surface area (TPSA) is 55.1 Å². The molecule has 0 saturated heterocycles. The zero-order valence-electron chi connectivity index (χ0n) is 13.8. The van der Waals surface area contributed by atoms with Gasteiger partial charge >= 0.3 is 0 Å². The number of carbonyl (C=O) groups excluding carboxylic acids is 1. The van der Waals surface area contributed by atoms with Gasteiger partial charge < -0.3 is 11.1 Å². The number of alkyl halides is 2. The van der Waals surface area contributed by atoms with Crippen molar-refractivity contribution in [1.82, 2.24) is 5.32 Å². The van der Waals surface area contributed by atoms with Gasteiger partial charge in [0.1, 0.15) is 0 Å². The van der Waals surface area contributed by atoms with Gasteiger partial charge in [0.25, 0.3) is 5.92 Å². The monoisotopic (exact) mass is 368 g/mol. The maximum Gasteiger partial charge on any atom is 0.277 e. The highest BCUT2D eigenvalue weighted by Gasteiger charge is 2.27. The van der Waals surface area contributed by atoms with Crippen molar-refractivity contribution in [2.75, 3.05) is 13.1 Å². The van der Waals surface area contributed by atoms with Crippen LogP contribution in [0, 0.1) is 0 Å². The molecule has 0 spiro atoms. The van der Waals surface area contributed by atoms with Gasteiger partial charge in [0, 0.05) is 6.42 Å². The number of carbonyl (C=O) groups is 1. The first-order valence-electron chi connectivity index (χ1n) is 7.93. The molecule has 0 aromatic heterocycles. The number of halogens is 3. The third-order valence-electron chi connectivity index (χ3n) is 3.87. The van der Waals surface area contributed by atoms with E-state index in [0.29, 0.717) is 6.42 Å². The van der Waals surface area contributed by atoms with Crippen LogP contribution in [0.15, 0.2) is 60.7 Å². The van der Waals surface area contributed by atoms with E-state index < -0.39 is 24.9 Å². The Morgan fingerprint density at radius 3 is 2.16 bits per heavy atom. The summed E-state index contributed by atoms with van der Waals surface area (Å²) in [6.45, 7) is -1.51. The van der Waals surface area contributed by atoms with Crippen LogP contribution >= 0.6 is 12.4 Å².